The van der Waals surface area contributed by atoms with Crippen LogP contribution >= 0.6 is 0 Å². The Labute approximate surface area is 125 Å². The Bertz CT molecular complexity index is 508. The van der Waals surface area contributed by atoms with Crippen molar-refractivity contribution in [2.75, 3.05) is 32.8 Å². The van der Waals surface area contributed by atoms with Crippen LogP contribution in [0.15, 0.2) is 18.2 Å². The SMILES string of the molecule is N#Cc1cccc(C[C@@H]2CC[C@H](CN3CCOCC3)O2)n1. The monoisotopic (exact) mass is 287 g/mol. The van der Waals surface area contributed by atoms with Crippen molar-refractivity contribution in [3.63, 3.8) is 0 Å². The molecule has 2 atom stereocenters. The molecule has 3 rings (SSSR count). The van der Waals surface area contributed by atoms with Crippen LogP contribution in [0.3, 0.4) is 0 Å². The molecular formula is C16H21N3O2. The van der Waals surface area contributed by atoms with Crippen LogP contribution in [0.2, 0.25) is 0 Å². The molecule has 1 aromatic rings. The highest BCUT2D eigenvalue weighted by Gasteiger charge is 2.27. The highest BCUT2D eigenvalue weighted by atomic mass is 16.5. The van der Waals surface area contributed by atoms with Crippen molar-refractivity contribution >= 4 is 0 Å². The lowest BCUT2D eigenvalue weighted by atomic mass is 10.1. The van der Waals surface area contributed by atoms with E-state index in [1.165, 1.54) is 0 Å². The lowest BCUT2D eigenvalue weighted by Gasteiger charge is -2.28. The Morgan fingerprint density at radius 3 is 2.86 bits per heavy atom. The van der Waals surface area contributed by atoms with E-state index in [1.807, 2.05) is 12.1 Å². The van der Waals surface area contributed by atoms with E-state index in [0.29, 0.717) is 11.8 Å². The van der Waals surface area contributed by atoms with Gasteiger partial charge in [-0.3, -0.25) is 4.90 Å². The molecule has 5 heteroatoms. The number of nitriles is 1. The highest BCUT2D eigenvalue weighted by molar-refractivity contribution is 5.22. The molecule has 1 aromatic heterocycles. The summed E-state index contributed by atoms with van der Waals surface area (Å²) in [4.78, 5) is 6.75. The van der Waals surface area contributed by atoms with Gasteiger partial charge in [0, 0.05) is 31.7 Å². The first kappa shape index (κ1) is 14.5. The van der Waals surface area contributed by atoms with Gasteiger partial charge in [0.05, 0.1) is 25.4 Å². The molecule has 3 heterocycles. The molecule has 0 spiro atoms. The molecule has 0 radical (unpaired) electrons. The van der Waals surface area contributed by atoms with Gasteiger partial charge in [0.1, 0.15) is 11.8 Å². The highest BCUT2D eigenvalue weighted by Crippen LogP contribution is 2.23. The fourth-order valence-electron chi connectivity index (χ4n) is 3.03. The first-order valence-electron chi connectivity index (χ1n) is 7.65. The number of hydrogen-bond donors (Lipinski definition) is 0. The first-order valence-corrected chi connectivity index (χ1v) is 7.65. The zero-order valence-electron chi connectivity index (χ0n) is 12.2. The summed E-state index contributed by atoms with van der Waals surface area (Å²) in [6, 6.07) is 7.68. The molecule has 21 heavy (non-hydrogen) atoms. The largest absolute Gasteiger partial charge is 0.379 e. The third-order valence-electron chi connectivity index (χ3n) is 4.12. The molecule has 2 saturated heterocycles. The number of hydrogen-bond acceptors (Lipinski definition) is 5. The van der Waals surface area contributed by atoms with Crippen LogP contribution in [0.25, 0.3) is 0 Å². The first-order chi connectivity index (χ1) is 10.3. The minimum atomic E-state index is 0.234. The molecule has 0 unspecified atom stereocenters. The molecule has 0 bridgehead atoms. The van der Waals surface area contributed by atoms with Crippen molar-refractivity contribution in [2.24, 2.45) is 0 Å². The van der Waals surface area contributed by atoms with E-state index in [2.05, 4.69) is 16.0 Å². The van der Waals surface area contributed by atoms with E-state index in [1.54, 1.807) is 6.07 Å². The van der Waals surface area contributed by atoms with Crippen LogP contribution in [0, 0.1) is 11.3 Å². The standard InChI is InChI=1S/C16H21N3O2/c17-11-14-3-1-2-13(18-14)10-15-4-5-16(21-15)12-19-6-8-20-9-7-19/h1-3,15-16H,4-10,12H2/t15-,16+/m0/s1. The summed E-state index contributed by atoms with van der Waals surface area (Å²) in [6.07, 6.45) is 3.55. The summed E-state index contributed by atoms with van der Waals surface area (Å²) in [5.41, 5.74) is 1.43. The van der Waals surface area contributed by atoms with Gasteiger partial charge >= 0.3 is 0 Å². The lowest BCUT2D eigenvalue weighted by Crippen LogP contribution is -2.41. The summed E-state index contributed by atoms with van der Waals surface area (Å²) in [5.74, 6) is 0. The fourth-order valence-corrected chi connectivity index (χ4v) is 3.03. The average Bonchev–Trinajstić information content (AvgIpc) is 2.95. The molecule has 0 N–H and O–H groups in total. The molecule has 2 fully saturated rings. The summed E-state index contributed by atoms with van der Waals surface area (Å²) in [5, 5.41) is 8.89. The lowest BCUT2D eigenvalue weighted by molar-refractivity contribution is -0.0110. The third-order valence-corrected chi connectivity index (χ3v) is 4.12. The van der Waals surface area contributed by atoms with Gasteiger partial charge in [0.2, 0.25) is 0 Å². The molecule has 0 aliphatic carbocycles. The van der Waals surface area contributed by atoms with Crippen LogP contribution in [0.1, 0.15) is 24.2 Å². The zero-order valence-corrected chi connectivity index (χ0v) is 12.2. The number of pyridine rings is 1. The third kappa shape index (κ3) is 4.01. The summed E-state index contributed by atoms with van der Waals surface area (Å²) in [6.45, 7) is 4.69. The number of ether oxygens (including phenoxy) is 2. The maximum atomic E-state index is 8.89. The predicted molar refractivity (Wildman–Crippen MR) is 77.8 cm³/mol. The van der Waals surface area contributed by atoms with Crippen LogP contribution in [-0.4, -0.2) is 54.9 Å². The molecule has 2 aliphatic rings. The van der Waals surface area contributed by atoms with Gasteiger partial charge < -0.3 is 9.47 Å². The molecule has 0 aromatic carbocycles. The van der Waals surface area contributed by atoms with E-state index >= 15 is 0 Å². The van der Waals surface area contributed by atoms with Crippen molar-refractivity contribution in [2.45, 2.75) is 31.5 Å². The number of nitrogens with zero attached hydrogens (tertiary/aromatic N) is 3. The minimum absolute atomic E-state index is 0.234. The van der Waals surface area contributed by atoms with Crippen LogP contribution in [0.5, 0.6) is 0 Å². The van der Waals surface area contributed by atoms with Gasteiger partial charge in [-0.05, 0) is 25.0 Å². The average molecular weight is 287 g/mol. The Morgan fingerprint density at radius 1 is 1.24 bits per heavy atom. The van der Waals surface area contributed by atoms with Crippen molar-refractivity contribution in [1.82, 2.24) is 9.88 Å². The second-order valence-corrected chi connectivity index (χ2v) is 5.70. The van der Waals surface area contributed by atoms with Gasteiger partial charge in [0.15, 0.2) is 0 Å². The summed E-state index contributed by atoms with van der Waals surface area (Å²) < 4.78 is 11.5. The fraction of sp³-hybridized carbons (Fsp3) is 0.625. The van der Waals surface area contributed by atoms with Crippen molar-refractivity contribution in [3.8, 4) is 6.07 Å². The minimum Gasteiger partial charge on any atom is -0.379 e. The molecule has 2 aliphatic heterocycles. The second kappa shape index (κ2) is 6.99. The number of rotatable bonds is 4. The maximum absolute atomic E-state index is 8.89. The quantitative estimate of drug-likeness (QED) is 0.837. The van der Waals surface area contributed by atoms with Crippen molar-refractivity contribution in [1.29, 1.82) is 5.26 Å². The summed E-state index contributed by atoms with van der Waals surface area (Å²) >= 11 is 0. The summed E-state index contributed by atoms with van der Waals surface area (Å²) in [7, 11) is 0. The van der Waals surface area contributed by atoms with Crippen LogP contribution in [0.4, 0.5) is 0 Å². The second-order valence-electron chi connectivity index (χ2n) is 5.70. The van der Waals surface area contributed by atoms with Gasteiger partial charge in [0.25, 0.3) is 0 Å². The smallest absolute Gasteiger partial charge is 0.140 e. The Kier molecular flexibility index (Phi) is 4.81. The normalized spacial score (nSPS) is 26.6. The number of morpholine rings is 1. The van der Waals surface area contributed by atoms with Gasteiger partial charge in [-0.25, -0.2) is 4.98 Å². The van der Waals surface area contributed by atoms with Gasteiger partial charge in [-0.1, -0.05) is 6.07 Å². The van der Waals surface area contributed by atoms with Crippen LogP contribution in [-0.2, 0) is 15.9 Å². The Balaban J connectivity index is 1.49. The Hall–Kier alpha value is -1.48. The van der Waals surface area contributed by atoms with Crippen LogP contribution < -0.4 is 0 Å². The topological polar surface area (TPSA) is 58.4 Å². The predicted octanol–water partition coefficient (Wildman–Crippen LogP) is 1.38. The molecule has 5 nitrogen and oxygen atoms in total. The van der Waals surface area contributed by atoms with E-state index in [9.17, 15) is 0 Å². The van der Waals surface area contributed by atoms with Crippen molar-refractivity contribution in [3.05, 3.63) is 29.6 Å². The maximum Gasteiger partial charge on any atom is 0.140 e. The molecular weight excluding hydrogens is 266 g/mol. The van der Waals surface area contributed by atoms with Gasteiger partial charge in [-0.15, -0.1) is 0 Å². The van der Waals surface area contributed by atoms with Crippen molar-refractivity contribution < 1.29 is 9.47 Å². The van der Waals surface area contributed by atoms with E-state index in [0.717, 1.165) is 57.8 Å². The Morgan fingerprint density at radius 2 is 2.05 bits per heavy atom. The molecule has 0 saturated carbocycles. The van der Waals surface area contributed by atoms with Gasteiger partial charge in [-0.2, -0.15) is 5.26 Å². The van der Waals surface area contributed by atoms with E-state index < -0.39 is 0 Å². The van der Waals surface area contributed by atoms with E-state index in [-0.39, 0.29) is 6.10 Å². The molecule has 112 valence electrons. The van der Waals surface area contributed by atoms with E-state index in [4.69, 9.17) is 14.7 Å². The number of aromatic nitrogens is 1. The zero-order chi connectivity index (χ0) is 14.5. The molecule has 0 amide bonds.